The van der Waals surface area contributed by atoms with Crippen molar-refractivity contribution in [1.82, 2.24) is 15.1 Å². The minimum Gasteiger partial charge on any atom is -0.485 e. The van der Waals surface area contributed by atoms with E-state index in [4.69, 9.17) is 9.26 Å². The van der Waals surface area contributed by atoms with E-state index in [0.717, 1.165) is 16.2 Å². The largest absolute Gasteiger partial charge is 0.485 e. The van der Waals surface area contributed by atoms with Crippen molar-refractivity contribution >= 4 is 23.4 Å². The zero-order chi connectivity index (χ0) is 21.5. The lowest BCUT2D eigenvalue weighted by Gasteiger charge is -2.11. The van der Waals surface area contributed by atoms with E-state index in [1.807, 2.05) is 48.7 Å². The predicted octanol–water partition coefficient (Wildman–Crippen LogP) is 4.90. The summed E-state index contributed by atoms with van der Waals surface area (Å²) in [7, 11) is 0. The van der Waals surface area contributed by atoms with E-state index in [1.165, 1.54) is 0 Å². The fraction of sp³-hybridized carbons (Fsp3) is 0.130. The molecule has 0 fully saturated rings. The second-order valence-corrected chi connectivity index (χ2v) is 7.69. The van der Waals surface area contributed by atoms with Crippen molar-refractivity contribution in [3.05, 3.63) is 95.9 Å². The van der Waals surface area contributed by atoms with Crippen molar-refractivity contribution < 1.29 is 14.1 Å². The van der Waals surface area contributed by atoms with E-state index < -0.39 is 0 Å². The smallest absolute Gasteiger partial charge is 0.259 e. The number of aryl methyl sites for hydroxylation is 1. The number of nitrogens with one attached hydrogen (secondary N) is 1. The Bertz CT molecular complexity index is 1150. The van der Waals surface area contributed by atoms with E-state index in [0.29, 0.717) is 28.7 Å². The molecule has 0 spiro atoms. The highest BCUT2D eigenvalue weighted by Gasteiger charge is 2.14. The maximum absolute atomic E-state index is 12.8. The Balaban J connectivity index is 1.36. The molecule has 4 aromatic rings. The molecule has 7 nitrogen and oxygen atoms in total. The van der Waals surface area contributed by atoms with E-state index in [2.05, 4.69) is 20.4 Å². The van der Waals surface area contributed by atoms with Gasteiger partial charge >= 0.3 is 0 Å². The Labute approximate surface area is 183 Å². The summed E-state index contributed by atoms with van der Waals surface area (Å²) < 4.78 is 10.7. The molecule has 1 N–H and O–H groups in total. The maximum Gasteiger partial charge on any atom is 0.259 e. The van der Waals surface area contributed by atoms with Crippen molar-refractivity contribution in [2.75, 3.05) is 5.32 Å². The molecule has 0 saturated carbocycles. The molecule has 0 aliphatic carbocycles. The average molecular weight is 433 g/mol. The van der Waals surface area contributed by atoms with Crippen LogP contribution in [0.2, 0.25) is 0 Å². The van der Waals surface area contributed by atoms with Gasteiger partial charge in [0.25, 0.3) is 5.91 Å². The molecule has 0 aliphatic heterocycles. The zero-order valence-corrected chi connectivity index (χ0v) is 17.6. The second kappa shape index (κ2) is 9.90. The second-order valence-electron chi connectivity index (χ2n) is 6.64. The first kappa shape index (κ1) is 20.6. The SMILES string of the molecule is Cc1nc(COc2ccccc2C(=O)Nc2ccc(SCc3cccnc3)cc2)no1. The van der Waals surface area contributed by atoms with E-state index in [9.17, 15) is 4.79 Å². The molecule has 0 unspecified atom stereocenters. The van der Waals surface area contributed by atoms with Gasteiger partial charge in [0.1, 0.15) is 5.75 Å². The molecular weight excluding hydrogens is 412 g/mol. The van der Waals surface area contributed by atoms with Crippen molar-refractivity contribution in [2.45, 2.75) is 24.2 Å². The molecule has 0 aliphatic rings. The van der Waals surface area contributed by atoms with E-state index in [1.54, 1.807) is 43.1 Å². The molecule has 4 rings (SSSR count). The van der Waals surface area contributed by atoms with Crippen LogP contribution in [0.5, 0.6) is 5.75 Å². The molecule has 8 heteroatoms. The van der Waals surface area contributed by atoms with Crippen molar-refractivity contribution in [2.24, 2.45) is 0 Å². The van der Waals surface area contributed by atoms with Crippen LogP contribution >= 0.6 is 11.8 Å². The van der Waals surface area contributed by atoms with Gasteiger partial charge in [-0.1, -0.05) is 23.4 Å². The summed E-state index contributed by atoms with van der Waals surface area (Å²) >= 11 is 1.71. The third-order valence-corrected chi connectivity index (χ3v) is 5.38. The Morgan fingerprint density at radius 1 is 1.10 bits per heavy atom. The predicted molar refractivity (Wildman–Crippen MR) is 118 cm³/mol. The number of aromatic nitrogens is 3. The van der Waals surface area contributed by atoms with Crippen LogP contribution in [0.4, 0.5) is 5.69 Å². The summed E-state index contributed by atoms with van der Waals surface area (Å²) in [6.07, 6.45) is 3.63. The minimum absolute atomic E-state index is 0.116. The van der Waals surface area contributed by atoms with Crippen molar-refractivity contribution in [3.63, 3.8) is 0 Å². The summed E-state index contributed by atoms with van der Waals surface area (Å²) in [5, 5.41) is 6.71. The topological polar surface area (TPSA) is 90.1 Å². The minimum atomic E-state index is -0.254. The lowest BCUT2D eigenvalue weighted by molar-refractivity contribution is 0.102. The van der Waals surface area contributed by atoms with Gasteiger partial charge in [0, 0.05) is 35.7 Å². The summed E-state index contributed by atoms with van der Waals surface area (Å²) in [5.74, 6) is 1.92. The first-order chi connectivity index (χ1) is 15.2. The van der Waals surface area contributed by atoms with Gasteiger partial charge in [-0.3, -0.25) is 9.78 Å². The van der Waals surface area contributed by atoms with Gasteiger partial charge in [-0.05, 0) is 48.0 Å². The molecule has 2 aromatic carbocycles. The molecule has 0 radical (unpaired) electrons. The Hall–Kier alpha value is -3.65. The molecule has 0 bridgehead atoms. The van der Waals surface area contributed by atoms with Crippen molar-refractivity contribution in [1.29, 1.82) is 0 Å². The number of nitrogens with zero attached hydrogens (tertiary/aromatic N) is 3. The van der Waals surface area contributed by atoms with Gasteiger partial charge in [0.05, 0.1) is 5.56 Å². The van der Waals surface area contributed by atoms with Crippen LogP contribution in [-0.4, -0.2) is 21.0 Å². The lowest BCUT2D eigenvalue weighted by Crippen LogP contribution is -2.13. The monoisotopic (exact) mass is 432 g/mol. The number of carbonyl (C=O) groups is 1. The number of para-hydroxylation sites is 1. The van der Waals surface area contributed by atoms with Crippen LogP contribution in [0, 0.1) is 6.92 Å². The Morgan fingerprint density at radius 2 is 1.94 bits per heavy atom. The zero-order valence-electron chi connectivity index (χ0n) is 16.8. The lowest BCUT2D eigenvalue weighted by atomic mass is 10.2. The van der Waals surface area contributed by atoms with Crippen LogP contribution in [0.25, 0.3) is 0 Å². The molecule has 31 heavy (non-hydrogen) atoms. The van der Waals surface area contributed by atoms with Gasteiger partial charge in [-0.15, -0.1) is 11.8 Å². The number of thioether (sulfide) groups is 1. The van der Waals surface area contributed by atoms with Gasteiger partial charge in [-0.25, -0.2) is 0 Å². The molecule has 2 aromatic heterocycles. The maximum atomic E-state index is 12.8. The van der Waals surface area contributed by atoms with Gasteiger partial charge < -0.3 is 14.6 Å². The Kier molecular flexibility index (Phi) is 6.59. The molecular formula is C23H20N4O3S. The third-order valence-electron chi connectivity index (χ3n) is 4.30. The quantitative estimate of drug-likeness (QED) is 0.396. The van der Waals surface area contributed by atoms with Gasteiger partial charge in [0.2, 0.25) is 11.7 Å². The standard InChI is InChI=1S/C23H20N4O3S/c1-16-25-22(27-30-16)14-29-21-7-3-2-6-20(21)23(28)26-18-8-10-19(11-9-18)31-15-17-5-4-12-24-13-17/h2-13H,14-15H2,1H3,(H,26,28). The summed E-state index contributed by atoms with van der Waals surface area (Å²) in [6.45, 7) is 1.82. The van der Waals surface area contributed by atoms with Crippen LogP contribution < -0.4 is 10.1 Å². The molecule has 156 valence electrons. The number of anilines is 1. The fourth-order valence-corrected chi connectivity index (χ4v) is 3.64. The van der Waals surface area contributed by atoms with Gasteiger partial charge in [-0.2, -0.15) is 4.98 Å². The van der Waals surface area contributed by atoms with Crippen molar-refractivity contribution in [3.8, 4) is 5.75 Å². The first-order valence-electron chi connectivity index (χ1n) is 9.61. The first-order valence-corrected chi connectivity index (χ1v) is 10.6. The van der Waals surface area contributed by atoms with Crippen LogP contribution in [0.1, 0.15) is 27.6 Å². The Morgan fingerprint density at radius 3 is 2.68 bits per heavy atom. The number of amides is 1. The summed E-state index contributed by atoms with van der Waals surface area (Å²) in [5.41, 5.74) is 2.30. The number of pyridine rings is 1. The number of hydrogen-bond acceptors (Lipinski definition) is 7. The summed E-state index contributed by atoms with van der Waals surface area (Å²) in [4.78, 5) is 22.1. The summed E-state index contributed by atoms with van der Waals surface area (Å²) in [6, 6.07) is 18.8. The number of rotatable bonds is 8. The average Bonchev–Trinajstić information content (AvgIpc) is 3.23. The number of ether oxygens (including phenoxy) is 1. The highest BCUT2D eigenvalue weighted by Crippen LogP contribution is 2.25. The third kappa shape index (κ3) is 5.70. The van der Waals surface area contributed by atoms with Crippen LogP contribution in [0.15, 0.2) is 82.5 Å². The molecule has 1 amide bonds. The number of hydrogen-bond donors (Lipinski definition) is 1. The van der Waals surface area contributed by atoms with E-state index >= 15 is 0 Å². The number of benzene rings is 2. The normalized spacial score (nSPS) is 10.6. The van der Waals surface area contributed by atoms with Crippen LogP contribution in [-0.2, 0) is 12.4 Å². The molecule has 0 saturated heterocycles. The van der Waals surface area contributed by atoms with Crippen LogP contribution in [0.3, 0.4) is 0 Å². The van der Waals surface area contributed by atoms with E-state index in [-0.39, 0.29) is 12.5 Å². The fourth-order valence-electron chi connectivity index (χ4n) is 2.81. The highest BCUT2D eigenvalue weighted by atomic mass is 32.2. The van der Waals surface area contributed by atoms with Gasteiger partial charge in [0.15, 0.2) is 6.61 Å². The number of carbonyl (C=O) groups excluding carboxylic acids is 1. The molecule has 0 atom stereocenters. The highest BCUT2D eigenvalue weighted by molar-refractivity contribution is 7.98. The molecule has 2 heterocycles.